The highest BCUT2D eigenvalue weighted by Gasteiger charge is 2.54. The fourth-order valence-electron chi connectivity index (χ4n) is 8.51. The van der Waals surface area contributed by atoms with Crippen LogP contribution in [0.4, 0.5) is 18.3 Å². The van der Waals surface area contributed by atoms with Gasteiger partial charge in [-0.05, 0) is 33.4 Å². The number of aliphatic carboxylic acids is 1. The number of halogens is 4. The van der Waals surface area contributed by atoms with Crippen LogP contribution >= 0.6 is 34.9 Å². The van der Waals surface area contributed by atoms with Crippen molar-refractivity contribution in [1.82, 2.24) is 15.2 Å². The Morgan fingerprint density at radius 2 is 1.34 bits per heavy atom. The number of ether oxygens (including phenoxy) is 1. The van der Waals surface area contributed by atoms with Gasteiger partial charge in [-0.1, -0.05) is 157 Å². The zero-order valence-electron chi connectivity index (χ0n) is 38.8. The second-order valence-corrected chi connectivity index (χ2v) is 19.7. The van der Waals surface area contributed by atoms with Crippen LogP contribution in [0.2, 0.25) is 0 Å². The summed E-state index contributed by atoms with van der Waals surface area (Å²) in [6.45, 7) is -1.86. The lowest BCUT2D eigenvalue weighted by molar-refractivity contribution is -0.719. The van der Waals surface area contributed by atoms with E-state index in [9.17, 15) is 37.5 Å². The predicted octanol–water partition coefficient (Wildman–Crippen LogP) is 5.99. The molecule has 7 aromatic rings. The van der Waals surface area contributed by atoms with Gasteiger partial charge in [-0.2, -0.15) is 17.7 Å². The monoisotopic (exact) mass is 1170 g/mol. The molecular formula is C54H44F3IN6O7S3. The first-order valence-electron chi connectivity index (χ1n) is 22.7. The SMILES string of the molecule is O=C(CON=C(C(=O)N[C@@H]1C(=O)N2C(C(=O)O)=C(CSc3cc[n+](CC(F)(F)F)cc3)CS[C@H]12)c1csc(NC(c2ccccc2)(c2ccccc2)c2ccccc2)n1)OC(c1ccccc1)c1ccccc1.[I-]. The van der Waals surface area contributed by atoms with Crippen molar-refractivity contribution in [2.24, 2.45) is 5.16 Å². The van der Waals surface area contributed by atoms with Crippen molar-refractivity contribution in [1.29, 1.82) is 0 Å². The van der Waals surface area contributed by atoms with Crippen molar-refractivity contribution in [2.45, 2.75) is 40.7 Å². The molecule has 74 heavy (non-hydrogen) atoms. The average molecular weight is 1170 g/mol. The zero-order valence-corrected chi connectivity index (χ0v) is 43.4. The van der Waals surface area contributed by atoms with Gasteiger partial charge in [0.25, 0.3) is 11.8 Å². The number of carboxylic acids is 1. The summed E-state index contributed by atoms with van der Waals surface area (Å²) >= 11 is 3.65. The Bertz CT molecular complexity index is 3010. The molecular weight excluding hydrogens is 1120 g/mol. The number of hydrogen-bond donors (Lipinski definition) is 3. The maximum atomic E-state index is 14.5. The van der Waals surface area contributed by atoms with Gasteiger partial charge in [-0.15, -0.1) is 34.9 Å². The number of carbonyl (C=O) groups is 4. The summed E-state index contributed by atoms with van der Waals surface area (Å²) in [5.74, 6) is -3.39. The number of rotatable bonds is 19. The number of amides is 2. The minimum atomic E-state index is -4.39. The Hall–Kier alpha value is -7.01. The molecule has 4 heterocycles. The van der Waals surface area contributed by atoms with Crippen molar-refractivity contribution in [2.75, 3.05) is 23.4 Å². The summed E-state index contributed by atoms with van der Waals surface area (Å²) in [4.78, 5) is 66.9. The van der Waals surface area contributed by atoms with Gasteiger partial charge in [0.05, 0.1) is 0 Å². The maximum Gasteiger partial charge on any atom is 0.448 e. The lowest BCUT2D eigenvalue weighted by Gasteiger charge is -2.49. The van der Waals surface area contributed by atoms with Gasteiger partial charge >= 0.3 is 18.1 Å². The summed E-state index contributed by atoms with van der Waals surface area (Å²) in [5.41, 5.74) is 3.00. The van der Waals surface area contributed by atoms with Crippen LogP contribution in [-0.4, -0.2) is 80.2 Å². The van der Waals surface area contributed by atoms with Crippen LogP contribution in [-0.2, 0) is 40.8 Å². The van der Waals surface area contributed by atoms with Crippen LogP contribution < -0.4 is 39.2 Å². The molecule has 13 nitrogen and oxygen atoms in total. The quantitative estimate of drug-likeness (QED) is 0.0128. The zero-order chi connectivity index (χ0) is 51.0. The topological polar surface area (TPSA) is 163 Å². The number of thiazole rings is 1. The molecule has 5 aromatic carbocycles. The van der Waals surface area contributed by atoms with Crippen LogP contribution in [0, 0.1) is 0 Å². The second-order valence-electron chi connectivity index (χ2n) is 16.6. The molecule has 0 spiro atoms. The van der Waals surface area contributed by atoms with Crippen LogP contribution in [0.25, 0.3) is 0 Å². The molecule has 2 atom stereocenters. The molecule has 0 radical (unpaired) electrons. The third-order valence-electron chi connectivity index (χ3n) is 11.8. The number of aromatic nitrogens is 2. The Kier molecular flexibility index (Phi) is 17.2. The van der Waals surface area contributed by atoms with Crippen molar-refractivity contribution in [3.8, 4) is 0 Å². The number of alkyl halides is 3. The molecule has 0 saturated carbocycles. The van der Waals surface area contributed by atoms with E-state index < -0.39 is 66.1 Å². The average Bonchev–Trinajstić information content (AvgIpc) is 3.88. The highest BCUT2D eigenvalue weighted by molar-refractivity contribution is 8.01. The van der Waals surface area contributed by atoms with Crippen LogP contribution in [0.3, 0.4) is 0 Å². The molecule has 0 aliphatic carbocycles. The fourth-order valence-corrected chi connectivity index (χ4v) is 11.6. The van der Waals surface area contributed by atoms with E-state index in [-0.39, 0.29) is 52.6 Å². The molecule has 378 valence electrons. The van der Waals surface area contributed by atoms with E-state index in [1.807, 2.05) is 152 Å². The number of β-lactam (4-membered cyclic amide) rings is 1. The molecule has 20 heteroatoms. The van der Waals surface area contributed by atoms with Crippen molar-refractivity contribution in [3.05, 3.63) is 226 Å². The summed E-state index contributed by atoms with van der Waals surface area (Å²) < 4.78 is 45.6. The van der Waals surface area contributed by atoms with Crippen LogP contribution in [0.1, 0.15) is 39.6 Å². The Labute approximate surface area is 452 Å². The predicted molar refractivity (Wildman–Crippen MR) is 271 cm³/mol. The first-order chi connectivity index (χ1) is 35.4. The molecule has 0 unspecified atom stereocenters. The molecule has 2 aliphatic rings. The number of carbonyl (C=O) groups excluding carboxylic acids is 3. The summed E-state index contributed by atoms with van der Waals surface area (Å²) in [6, 6.07) is 49.6. The van der Waals surface area contributed by atoms with Crippen LogP contribution in [0.5, 0.6) is 0 Å². The lowest BCUT2D eigenvalue weighted by Crippen LogP contribution is -3.00. The molecule has 2 amide bonds. The number of fused-ring (bicyclic) bond motifs is 1. The number of nitrogens with one attached hydrogen (secondary N) is 2. The molecule has 3 N–H and O–H groups in total. The maximum absolute atomic E-state index is 14.5. The third-order valence-corrected chi connectivity index (χ3v) is 15.0. The van der Waals surface area contributed by atoms with Gasteiger partial charge in [0.1, 0.15) is 28.3 Å². The molecule has 0 bridgehead atoms. The number of oxime groups is 1. The second kappa shape index (κ2) is 23.9. The number of hydrogen-bond acceptors (Lipinski definition) is 12. The molecule has 9 rings (SSSR count). The van der Waals surface area contributed by atoms with E-state index in [2.05, 4.69) is 15.8 Å². The van der Waals surface area contributed by atoms with E-state index in [0.29, 0.717) is 26.7 Å². The van der Waals surface area contributed by atoms with E-state index in [0.717, 1.165) is 26.2 Å². The highest BCUT2D eigenvalue weighted by Crippen LogP contribution is 2.43. The van der Waals surface area contributed by atoms with E-state index in [1.54, 1.807) is 5.38 Å². The number of pyridine rings is 1. The Morgan fingerprint density at radius 3 is 1.85 bits per heavy atom. The van der Waals surface area contributed by atoms with Gasteiger partial charge in [-0.3, -0.25) is 14.5 Å². The number of esters is 1. The third kappa shape index (κ3) is 12.2. The van der Waals surface area contributed by atoms with E-state index >= 15 is 0 Å². The van der Waals surface area contributed by atoms with Gasteiger partial charge in [0.2, 0.25) is 13.2 Å². The number of carboxylic acid groups (broad SMARTS) is 1. The van der Waals surface area contributed by atoms with Gasteiger partial charge < -0.3 is 49.3 Å². The Balaban J connectivity index is 0.00000729. The first-order valence-corrected chi connectivity index (χ1v) is 25.6. The largest absolute Gasteiger partial charge is 1.00 e. The lowest BCUT2D eigenvalue weighted by atomic mass is 9.77. The van der Waals surface area contributed by atoms with Gasteiger partial charge in [0.15, 0.2) is 29.3 Å². The van der Waals surface area contributed by atoms with E-state index in [4.69, 9.17) is 14.6 Å². The van der Waals surface area contributed by atoms with Gasteiger partial charge in [0, 0.05) is 33.9 Å². The van der Waals surface area contributed by atoms with Crippen molar-refractivity contribution >= 4 is 69.5 Å². The number of nitrogens with zero attached hydrogens (tertiary/aromatic N) is 4. The standard InChI is InChI=1S/C54H43F3N6O7S3.HI/c55-53(56,57)34-62-28-26-41(27-29-62)71-31-37-32-72-50-45(49(66)63(50)46(37)51(67)68)59-48(65)44(61-69-30-43(64)70-47(35-16-6-1-7-17-35)36-18-8-2-9-19-36)42-33-73-52(58-42)60-54(38-20-10-3-11-21-38,39-22-12-4-13-23-39)40-24-14-5-15-25-40;/h1-29,33,45,47,50H,30-32,34H2,(H2-,58,59,60,65,67,68);1H/t45-,50-;/m1./s1. The molecule has 2 aliphatic heterocycles. The van der Waals surface area contributed by atoms with Crippen LogP contribution in [0.15, 0.2) is 203 Å². The number of anilines is 1. The summed E-state index contributed by atoms with van der Waals surface area (Å²) in [5, 5.41) is 22.1. The summed E-state index contributed by atoms with van der Waals surface area (Å²) in [6.07, 6.45) is -2.59. The van der Waals surface area contributed by atoms with Crippen molar-refractivity contribution in [3.63, 3.8) is 0 Å². The normalized spacial score (nSPS) is 15.6. The number of benzene rings is 5. The first kappa shape index (κ1) is 53.3. The van der Waals surface area contributed by atoms with Gasteiger partial charge in [-0.25, -0.2) is 14.6 Å². The van der Waals surface area contributed by atoms with E-state index in [1.165, 1.54) is 59.4 Å². The Morgan fingerprint density at radius 1 is 0.811 bits per heavy atom. The highest BCUT2D eigenvalue weighted by atomic mass is 127. The fraction of sp³-hybridized carbons (Fsp3) is 0.167. The van der Waals surface area contributed by atoms with Crippen molar-refractivity contribution < 1.29 is 75.6 Å². The summed E-state index contributed by atoms with van der Waals surface area (Å²) in [7, 11) is 0. The minimum absolute atomic E-state index is 0. The smallest absolute Gasteiger partial charge is 0.448 e. The molecule has 1 fully saturated rings. The minimum Gasteiger partial charge on any atom is -1.00 e. The molecule has 2 aromatic heterocycles. The number of thioether (sulfide) groups is 2. The molecule has 1 saturated heterocycles.